The summed E-state index contributed by atoms with van der Waals surface area (Å²) >= 11 is 0. The Hall–Kier alpha value is -1.00. The third kappa shape index (κ3) is 1.63. The van der Waals surface area contributed by atoms with E-state index in [1.165, 1.54) is 0 Å². The van der Waals surface area contributed by atoms with E-state index in [9.17, 15) is 8.78 Å². The van der Waals surface area contributed by atoms with Crippen LogP contribution in [0.4, 0.5) is 8.78 Å². The van der Waals surface area contributed by atoms with Gasteiger partial charge in [0, 0.05) is 6.42 Å². The highest BCUT2D eigenvalue weighted by atomic mass is 19.3. The SMILES string of the molecule is CC1CCc2n[nH]nc2C(F)(F)CC1. The van der Waals surface area contributed by atoms with E-state index in [0.717, 1.165) is 6.42 Å². The molecule has 3 nitrogen and oxygen atoms in total. The van der Waals surface area contributed by atoms with Gasteiger partial charge in [0.15, 0.2) is 5.69 Å². The van der Waals surface area contributed by atoms with Crippen molar-refractivity contribution < 1.29 is 8.78 Å². The number of nitrogens with zero attached hydrogens (tertiary/aromatic N) is 2. The minimum absolute atomic E-state index is 0.117. The van der Waals surface area contributed by atoms with E-state index in [2.05, 4.69) is 15.4 Å². The van der Waals surface area contributed by atoms with Crippen LogP contribution in [0.5, 0.6) is 0 Å². The fraction of sp³-hybridized carbons (Fsp3) is 0.778. The number of aromatic nitrogens is 3. The zero-order valence-corrected chi connectivity index (χ0v) is 8.06. The van der Waals surface area contributed by atoms with Crippen LogP contribution >= 0.6 is 0 Å². The Bertz CT molecular complexity index is 322. The first kappa shape index (κ1) is 9.55. The molecule has 0 amide bonds. The van der Waals surface area contributed by atoms with Crippen LogP contribution in [0.2, 0.25) is 0 Å². The molecule has 0 bridgehead atoms. The number of aryl methyl sites for hydroxylation is 1. The predicted molar refractivity (Wildman–Crippen MR) is 47.0 cm³/mol. The lowest BCUT2D eigenvalue weighted by molar-refractivity contribution is -0.0261. The van der Waals surface area contributed by atoms with Crippen molar-refractivity contribution in [1.29, 1.82) is 0 Å². The molecule has 1 aromatic heterocycles. The van der Waals surface area contributed by atoms with Gasteiger partial charge < -0.3 is 0 Å². The van der Waals surface area contributed by atoms with Gasteiger partial charge in [-0.25, -0.2) is 0 Å². The molecule has 1 heterocycles. The maximum Gasteiger partial charge on any atom is 0.293 e. The highest BCUT2D eigenvalue weighted by Gasteiger charge is 2.38. The minimum Gasteiger partial charge on any atom is -0.199 e. The molecule has 1 N–H and O–H groups in total. The van der Waals surface area contributed by atoms with Crippen molar-refractivity contribution in [2.45, 2.75) is 38.5 Å². The zero-order chi connectivity index (χ0) is 10.2. The summed E-state index contributed by atoms with van der Waals surface area (Å²) in [6.07, 6.45) is 1.95. The van der Waals surface area contributed by atoms with Crippen LogP contribution < -0.4 is 0 Å². The standard InChI is InChI=1S/C9H13F2N3/c1-6-2-3-7-8(13-14-12-7)9(10,11)5-4-6/h6H,2-5H2,1H3,(H,12,13,14). The summed E-state index contributed by atoms with van der Waals surface area (Å²) in [5.41, 5.74) is 0.283. The Morgan fingerprint density at radius 2 is 2.14 bits per heavy atom. The van der Waals surface area contributed by atoms with Gasteiger partial charge in [-0.3, -0.25) is 0 Å². The predicted octanol–water partition coefficient (Wildman–Crippen LogP) is 2.26. The molecule has 1 unspecified atom stereocenters. The van der Waals surface area contributed by atoms with Gasteiger partial charge in [-0.2, -0.15) is 24.2 Å². The number of hydrogen-bond acceptors (Lipinski definition) is 2. The average Bonchev–Trinajstić information content (AvgIpc) is 2.58. The maximum atomic E-state index is 13.5. The van der Waals surface area contributed by atoms with Gasteiger partial charge >= 0.3 is 0 Å². The van der Waals surface area contributed by atoms with E-state index >= 15 is 0 Å². The number of nitrogens with one attached hydrogen (secondary N) is 1. The summed E-state index contributed by atoms with van der Waals surface area (Å²) < 4.78 is 27.0. The second kappa shape index (κ2) is 3.29. The fourth-order valence-electron chi connectivity index (χ4n) is 1.79. The summed E-state index contributed by atoms with van der Waals surface area (Å²) in [6, 6.07) is 0. The van der Waals surface area contributed by atoms with Crippen LogP contribution in [0.3, 0.4) is 0 Å². The fourth-order valence-corrected chi connectivity index (χ4v) is 1.79. The topological polar surface area (TPSA) is 41.6 Å². The quantitative estimate of drug-likeness (QED) is 0.699. The van der Waals surface area contributed by atoms with Gasteiger partial charge in [0.05, 0.1) is 5.69 Å². The molecule has 1 atom stereocenters. The van der Waals surface area contributed by atoms with Crippen LogP contribution in [0.25, 0.3) is 0 Å². The van der Waals surface area contributed by atoms with Gasteiger partial charge in [-0.05, 0) is 25.2 Å². The summed E-state index contributed by atoms with van der Waals surface area (Å²) in [7, 11) is 0. The number of halogens is 2. The van der Waals surface area contributed by atoms with Crippen molar-refractivity contribution in [2.24, 2.45) is 5.92 Å². The molecule has 1 aliphatic rings. The Morgan fingerprint density at radius 3 is 2.93 bits per heavy atom. The van der Waals surface area contributed by atoms with Gasteiger partial charge in [0.25, 0.3) is 5.92 Å². The Kier molecular flexibility index (Phi) is 2.25. The molecule has 1 aliphatic carbocycles. The number of H-pyrrole nitrogens is 1. The second-order valence-electron chi connectivity index (χ2n) is 4.01. The van der Waals surface area contributed by atoms with E-state index in [1.54, 1.807) is 0 Å². The van der Waals surface area contributed by atoms with Crippen LogP contribution in [-0.4, -0.2) is 15.4 Å². The van der Waals surface area contributed by atoms with Gasteiger partial charge in [-0.1, -0.05) is 6.92 Å². The van der Waals surface area contributed by atoms with Crippen molar-refractivity contribution >= 4 is 0 Å². The lowest BCUT2D eigenvalue weighted by Crippen LogP contribution is -2.20. The van der Waals surface area contributed by atoms with Gasteiger partial charge in [-0.15, -0.1) is 0 Å². The number of aromatic amines is 1. The Labute approximate surface area is 80.9 Å². The summed E-state index contributed by atoms with van der Waals surface area (Å²) in [5.74, 6) is -2.47. The molecule has 1 aromatic rings. The van der Waals surface area contributed by atoms with E-state index in [1.807, 2.05) is 6.92 Å². The van der Waals surface area contributed by atoms with Crippen molar-refractivity contribution in [1.82, 2.24) is 15.4 Å². The molecule has 0 saturated carbocycles. The van der Waals surface area contributed by atoms with Gasteiger partial charge in [0.2, 0.25) is 0 Å². The van der Waals surface area contributed by atoms with Crippen LogP contribution in [0.1, 0.15) is 37.6 Å². The van der Waals surface area contributed by atoms with E-state index < -0.39 is 5.92 Å². The highest BCUT2D eigenvalue weighted by molar-refractivity contribution is 5.15. The Morgan fingerprint density at radius 1 is 1.36 bits per heavy atom. The molecule has 0 spiro atoms. The van der Waals surface area contributed by atoms with Crippen LogP contribution in [0.15, 0.2) is 0 Å². The first-order chi connectivity index (χ1) is 6.59. The zero-order valence-electron chi connectivity index (χ0n) is 8.06. The number of fused-ring (bicyclic) bond motifs is 1. The van der Waals surface area contributed by atoms with Crippen LogP contribution in [0, 0.1) is 5.92 Å². The first-order valence-electron chi connectivity index (χ1n) is 4.87. The third-order valence-corrected chi connectivity index (χ3v) is 2.79. The average molecular weight is 201 g/mol. The minimum atomic E-state index is -2.81. The van der Waals surface area contributed by atoms with E-state index in [0.29, 0.717) is 24.5 Å². The number of hydrogen-bond donors (Lipinski definition) is 1. The molecule has 0 fully saturated rings. The highest BCUT2D eigenvalue weighted by Crippen LogP contribution is 2.37. The van der Waals surface area contributed by atoms with E-state index in [-0.39, 0.29) is 12.1 Å². The Balaban J connectivity index is 2.33. The molecule has 0 saturated heterocycles. The second-order valence-corrected chi connectivity index (χ2v) is 4.01. The third-order valence-electron chi connectivity index (χ3n) is 2.79. The van der Waals surface area contributed by atoms with Gasteiger partial charge in [0.1, 0.15) is 0 Å². The molecule has 2 rings (SSSR count). The van der Waals surface area contributed by atoms with Crippen molar-refractivity contribution in [3.8, 4) is 0 Å². The lowest BCUT2D eigenvalue weighted by atomic mass is 9.91. The van der Waals surface area contributed by atoms with Crippen LogP contribution in [-0.2, 0) is 12.3 Å². The molecule has 78 valence electrons. The summed E-state index contributed by atoms with van der Waals surface area (Å²) in [4.78, 5) is 0. The lowest BCUT2D eigenvalue weighted by Gasteiger charge is -2.20. The monoisotopic (exact) mass is 201 g/mol. The van der Waals surface area contributed by atoms with Crippen molar-refractivity contribution in [3.05, 3.63) is 11.4 Å². The first-order valence-corrected chi connectivity index (χ1v) is 4.87. The van der Waals surface area contributed by atoms with Crippen molar-refractivity contribution in [2.75, 3.05) is 0 Å². The largest absolute Gasteiger partial charge is 0.293 e. The molecule has 5 heteroatoms. The maximum absolute atomic E-state index is 13.5. The van der Waals surface area contributed by atoms with Crippen molar-refractivity contribution in [3.63, 3.8) is 0 Å². The molecule has 14 heavy (non-hydrogen) atoms. The molecule has 0 aromatic carbocycles. The smallest absolute Gasteiger partial charge is 0.199 e. The summed E-state index contributed by atoms with van der Waals surface area (Å²) in [6.45, 7) is 2.00. The number of alkyl halides is 2. The summed E-state index contributed by atoms with van der Waals surface area (Å²) in [5, 5.41) is 9.61. The number of rotatable bonds is 0. The molecule has 0 radical (unpaired) electrons. The normalized spacial score (nSPS) is 26.4. The molecule has 0 aliphatic heterocycles. The molecular weight excluding hydrogens is 188 g/mol. The molecular formula is C9H13F2N3. The van der Waals surface area contributed by atoms with E-state index in [4.69, 9.17) is 0 Å².